The number of hydrogen-bond donors (Lipinski definition) is 2. The normalized spacial score (nSPS) is 24.2. The number of primary amides is 1. The summed E-state index contributed by atoms with van der Waals surface area (Å²) in [7, 11) is 0. The van der Waals surface area contributed by atoms with E-state index in [1.165, 1.54) is 19.3 Å². The zero-order chi connectivity index (χ0) is 12.0. The zero-order valence-electron chi connectivity index (χ0n) is 10.5. The fourth-order valence-electron chi connectivity index (χ4n) is 2.40. The first-order valence-corrected chi connectivity index (χ1v) is 6.37. The number of carbonyl (C=O) groups is 1. The lowest BCUT2D eigenvalue weighted by Gasteiger charge is -2.35. The van der Waals surface area contributed by atoms with E-state index in [9.17, 15) is 4.79 Å². The number of nitrogens with two attached hydrogens (primary N) is 1. The van der Waals surface area contributed by atoms with Crippen molar-refractivity contribution in [1.29, 1.82) is 0 Å². The van der Waals surface area contributed by atoms with Gasteiger partial charge in [-0.05, 0) is 45.2 Å². The van der Waals surface area contributed by atoms with Gasteiger partial charge in [0.2, 0.25) is 5.91 Å². The molecule has 16 heavy (non-hydrogen) atoms. The minimum absolute atomic E-state index is 0.213. The average Bonchev–Trinajstić information content (AvgIpc) is 2.25. The summed E-state index contributed by atoms with van der Waals surface area (Å²) < 4.78 is 0. The first-order chi connectivity index (χ1) is 7.63. The van der Waals surface area contributed by atoms with Crippen LogP contribution in [-0.2, 0) is 4.79 Å². The van der Waals surface area contributed by atoms with Crippen LogP contribution in [0.2, 0.25) is 0 Å². The minimum atomic E-state index is -0.213. The highest BCUT2D eigenvalue weighted by atomic mass is 16.1. The molecule has 0 aromatic rings. The molecular weight excluding hydrogens is 202 g/mol. The van der Waals surface area contributed by atoms with Crippen molar-refractivity contribution < 1.29 is 4.79 Å². The van der Waals surface area contributed by atoms with Gasteiger partial charge in [0.25, 0.3) is 0 Å². The summed E-state index contributed by atoms with van der Waals surface area (Å²) in [6.45, 7) is 7.93. The third kappa shape index (κ3) is 4.49. The summed E-state index contributed by atoms with van der Waals surface area (Å²) in [4.78, 5) is 13.1. The number of likely N-dealkylation sites (tertiary alicyclic amines) is 1. The summed E-state index contributed by atoms with van der Waals surface area (Å²) in [5, 5.41) is 3.53. The van der Waals surface area contributed by atoms with Gasteiger partial charge in [0, 0.05) is 12.6 Å². The first-order valence-electron chi connectivity index (χ1n) is 6.37. The third-order valence-corrected chi connectivity index (χ3v) is 3.34. The van der Waals surface area contributed by atoms with Crippen LogP contribution in [0.15, 0.2) is 0 Å². The number of rotatable bonds is 6. The Hall–Kier alpha value is -0.610. The maximum Gasteiger partial charge on any atom is 0.231 e. The van der Waals surface area contributed by atoms with Gasteiger partial charge >= 0.3 is 0 Å². The largest absolute Gasteiger partial charge is 0.369 e. The maximum atomic E-state index is 10.9. The molecule has 94 valence electrons. The Morgan fingerprint density at radius 2 is 2.38 bits per heavy atom. The molecule has 0 aromatic carbocycles. The molecule has 4 nitrogen and oxygen atoms in total. The molecule has 2 unspecified atom stereocenters. The summed E-state index contributed by atoms with van der Waals surface area (Å²) >= 11 is 0. The Morgan fingerprint density at radius 1 is 1.62 bits per heavy atom. The maximum absolute atomic E-state index is 10.9. The Balaban J connectivity index is 2.34. The SMILES string of the molecule is CCCNC(C)C1CCCN(CC(N)=O)C1. The van der Waals surface area contributed by atoms with Gasteiger partial charge < -0.3 is 11.1 Å². The second-order valence-electron chi connectivity index (χ2n) is 4.85. The summed E-state index contributed by atoms with van der Waals surface area (Å²) in [5.74, 6) is 0.439. The molecule has 1 fully saturated rings. The predicted octanol–water partition coefficient (Wildman–Crippen LogP) is 0.572. The van der Waals surface area contributed by atoms with Crippen LogP contribution >= 0.6 is 0 Å². The predicted molar refractivity (Wildman–Crippen MR) is 66.1 cm³/mol. The lowest BCUT2D eigenvalue weighted by Crippen LogP contribution is -2.46. The van der Waals surface area contributed by atoms with Crippen molar-refractivity contribution in [2.75, 3.05) is 26.2 Å². The van der Waals surface area contributed by atoms with Gasteiger partial charge in [-0.1, -0.05) is 6.92 Å². The monoisotopic (exact) mass is 227 g/mol. The highest BCUT2D eigenvalue weighted by molar-refractivity contribution is 5.75. The van der Waals surface area contributed by atoms with Gasteiger partial charge in [0.05, 0.1) is 6.54 Å². The zero-order valence-corrected chi connectivity index (χ0v) is 10.5. The van der Waals surface area contributed by atoms with Crippen LogP contribution in [0.5, 0.6) is 0 Å². The number of carbonyl (C=O) groups excluding carboxylic acids is 1. The van der Waals surface area contributed by atoms with Crippen molar-refractivity contribution >= 4 is 5.91 Å². The fourth-order valence-corrected chi connectivity index (χ4v) is 2.40. The molecule has 1 heterocycles. The molecule has 1 aliphatic heterocycles. The summed E-state index contributed by atoms with van der Waals surface area (Å²) in [6.07, 6.45) is 3.60. The van der Waals surface area contributed by atoms with Crippen molar-refractivity contribution in [3.05, 3.63) is 0 Å². The third-order valence-electron chi connectivity index (χ3n) is 3.34. The van der Waals surface area contributed by atoms with Gasteiger partial charge in [-0.2, -0.15) is 0 Å². The highest BCUT2D eigenvalue weighted by Crippen LogP contribution is 2.19. The number of amides is 1. The van der Waals surface area contributed by atoms with Crippen LogP contribution in [-0.4, -0.2) is 43.0 Å². The van der Waals surface area contributed by atoms with E-state index in [0.29, 0.717) is 18.5 Å². The smallest absolute Gasteiger partial charge is 0.231 e. The Morgan fingerprint density at radius 3 is 3.00 bits per heavy atom. The Labute approximate surface area is 98.6 Å². The van der Waals surface area contributed by atoms with Crippen molar-refractivity contribution in [1.82, 2.24) is 10.2 Å². The number of piperidine rings is 1. The minimum Gasteiger partial charge on any atom is -0.369 e. The van der Waals surface area contributed by atoms with E-state index in [4.69, 9.17) is 5.73 Å². The Kier molecular flexibility index (Phi) is 5.77. The molecule has 0 aromatic heterocycles. The van der Waals surface area contributed by atoms with Crippen molar-refractivity contribution in [2.45, 2.75) is 39.2 Å². The van der Waals surface area contributed by atoms with Crippen molar-refractivity contribution in [2.24, 2.45) is 11.7 Å². The summed E-state index contributed by atoms with van der Waals surface area (Å²) in [6, 6.07) is 0.538. The standard InChI is InChI=1S/C12H25N3O/c1-3-6-14-10(2)11-5-4-7-15(8-11)9-12(13)16/h10-11,14H,3-9H2,1-2H3,(H2,13,16). The fraction of sp³-hybridized carbons (Fsp3) is 0.917. The lowest BCUT2D eigenvalue weighted by molar-refractivity contribution is -0.119. The molecule has 0 saturated carbocycles. The molecule has 0 aliphatic carbocycles. The van der Waals surface area contributed by atoms with Crippen LogP contribution in [0.4, 0.5) is 0 Å². The molecule has 0 radical (unpaired) electrons. The van der Waals surface area contributed by atoms with E-state index >= 15 is 0 Å². The molecule has 0 bridgehead atoms. The van der Waals surface area contributed by atoms with Crippen molar-refractivity contribution in [3.8, 4) is 0 Å². The second-order valence-corrected chi connectivity index (χ2v) is 4.85. The van der Waals surface area contributed by atoms with E-state index in [1.54, 1.807) is 0 Å². The topological polar surface area (TPSA) is 58.4 Å². The van der Waals surface area contributed by atoms with Crippen LogP contribution in [0.25, 0.3) is 0 Å². The molecule has 1 amide bonds. The van der Waals surface area contributed by atoms with Crippen LogP contribution in [0, 0.1) is 5.92 Å². The van der Waals surface area contributed by atoms with E-state index in [2.05, 4.69) is 24.1 Å². The van der Waals surface area contributed by atoms with E-state index in [1.807, 2.05) is 0 Å². The molecular formula is C12H25N3O. The van der Waals surface area contributed by atoms with Gasteiger partial charge in [0.15, 0.2) is 0 Å². The quantitative estimate of drug-likeness (QED) is 0.697. The number of nitrogens with one attached hydrogen (secondary N) is 1. The van der Waals surface area contributed by atoms with Crippen LogP contribution < -0.4 is 11.1 Å². The van der Waals surface area contributed by atoms with Gasteiger partial charge in [-0.15, -0.1) is 0 Å². The molecule has 2 atom stereocenters. The molecule has 0 spiro atoms. The van der Waals surface area contributed by atoms with Crippen LogP contribution in [0.3, 0.4) is 0 Å². The number of hydrogen-bond acceptors (Lipinski definition) is 3. The highest BCUT2D eigenvalue weighted by Gasteiger charge is 2.24. The summed E-state index contributed by atoms with van der Waals surface area (Å²) in [5.41, 5.74) is 5.23. The van der Waals surface area contributed by atoms with Gasteiger partial charge in [0.1, 0.15) is 0 Å². The van der Waals surface area contributed by atoms with E-state index < -0.39 is 0 Å². The van der Waals surface area contributed by atoms with Gasteiger partial charge in [-0.25, -0.2) is 0 Å². The van der Waals surface area contributed by atoms with E-state index in [-0.39, 0.29) is 5.91 Å². The average molecular weight is 227 g/mol. The molecule has 3 N–H and O–H groups in total. The molecule has 1 saturated heterocycles. The molecule has 4 heteroatoms. The molecule has 1 rings (SSSR count). The Bertz CT molecular complexity index is 220. The first kappa shape index (κ1) is 13.5. The second kappa shape index (κ2) is 6.86. The molecule has 1 aliphatic rings. The van der Waals surface area contributed by atoms with Crippen LogP contribution in [0.1, 0.15) is 33.1 Å². The van der Waals surface area contributed by atoms with Gasteiger partial charge in [-0.3, -0.25) is 9.69 Å². The number of nitrogens with zero attached hydrogens (tertiary/aromatic N) is 1. The lowest BCUT2D eigenvalue weighted by atomic mass is 9.91. The van der Waals surface area contributed by atoms with Crippen molar-refractivity contribution in [3.63, 3.8) is 0 Å². The van der Waals surface area contributed by atoms with E-state index in [0.717, 1.165) is 19.6 Å².